The molecular weight excluding hydrogens is 176 g/mol. The van der Waals surface area contributed by atoms with Gasteiger partial charge in [0.05, 0.1) is 26.4 Å². The van der Waals surface area contributed by atoms with Crippen LogP contribution in [0.25, 0.3) is 0 Å². The molecule has 0 atom stereocenters. The molecule has 1 N–H and O–H groups in total. The monoisotopic (exact) mass is 192 g/mol. The predicted molar refractivity (Wildman–Crippen MR) is 46.3 cm³/mol. The third-order valence-electron chi connectivity index (χ3n) is 1.21. The van der Waals surface area contributed by atoms with Crippen LogP contribution in [0.4, 0.5) is 4.39 Å². The molecule has 78 valence electrons. The van der Waals surface area contributed by atoms with E-state index in [1.807, 2.05) is 0 Å². The molecule has 0 saturated carbocycles. The normalized spacial score (nSPS) is 10.0. The van der Waals surface area contributed by atoms with Gasteiger partial charge in [-0.3, -0.25) is 4.79 Å². The van der Waals surface area contributed by atoms with Crippen LogP contribution in [-0.4, -0.2) is 45.6 Å². The molecule has 0 aromatic heterocycles. The molecule has 0 bridgehead atoms. The van der Waals surface area contributed by atoms with Crippen LogP contribution in [0.2, 0.25) is 0 Å². The molecule has 0 aliphatic rings. The molecule has 0 unspecified atom stereocenters. The second-order valence-corrected chi connectivity index (χ2v) is 2.40. The molecular formula is C8H16FNO3. The van der Waals surface area contributed by atoms with Gasteiger partial charge in [-0.15, -0.1) is 0 Å². The summed E-state index contributed by atoms with van der Waals surface area (Å²) in [6.45, 7) is 2.88. The first-order valence-electron chi connectivity index (χ1n) is 4.23. The van der Waals surface area contributed by atoms with E-state index in [9.17, 15) is 9.18 Å². The molecule has 0 spiro atoms. The van der Waals surface area contributed by atoms with Gasteiger partial charge in [-0.25, -0.2) is 4.39 Å². The van der Waals surface area contributed by atoms with Crippen LogP contribution < -0.4 is 5.32 Å². The van der Waals surface area contributed by atoms with E-state index in [1.165, 1.54) is 6.92 Å². The Balaban J connectivity index is 2.87. The molecule has 0 aliphatic carbocycles. The average Bonchev–Trinajstić information content (AvgIpc) is 2.09. The fraction of sp³-hybridized carbons (Fsp3) is 0.875. The molecule has 0 aromatic rings. The predicted octanol–water partition coefficient (Wildman–Crippen LogP) is 0.125. The molecule has 0 radical (unpaired) electrons. The number of carbonyl (C=O) groups is 1. The van der Waals surface area contributed by atoms with Gasteiger partial charge in [0.15, 0.2) is 0 Å². The van der Waals surface area contributed by atoms with Crippen LogP contribution in [-0.2, 0) is 14.3 Å². The van der Waals surface area contributed by atoms with Crippen molar-refractivity contribution in [3.05, 3.63) is 0 Å². The van der Waals surface area contributed by atoms with Crippen molar-refractivity contribution in [2.75, 3.05) is 39.6 Å². The summed E-state index contributed by atoms with van der Waals surface area (Å²) in [4.78, 5) is 10.4. The molecule has 4 nitrogen and oxygen atoms in total. The molecule has 13 heavy (non-hydrogen) atoms. The van der Waals surface area contributed by atoms with E-state index < -0.39 is 6.67 Å². The SMILES string of the molecule is CC(=O)NCCOCCOCC[18F]. The van der Waals surface area contributed by atoms with Gasteiger partial charge in [0, 0.05) is 13.5 Å². The second-order valence-electron chi connectivity index (χ2n) is 2.40. The van der Waals surface area contributed by atoms with Gasteiger partial charge in [0.1, 0.15) is 6.67 Å². The number of hydrogen-bond donors (Lipinski definition) is 1. The Morgan fingerprint density at radius 1 is 1.23 bits per heavy atom. The second kappa shape index (κ2) is 9.41. The highest BCUT2D eigenvalue weighted by molar-refractivity contribution is 5.72. The highest BCUT2D eigenvalue weighted by atomic mass is 18.2. The lowest BCUT2D eigenvalue weighted by Gasteiger charge is -2.04. The summed E-state index contributed by atoms with van der Waals surface area (Å²) in [6, 6.07) is 0. The third-order valence-corrected chi connectivity index (χ3v) is 1.21. The van der Waals surface area contributed by atoms with Crippen LogP contribution >= 0.6 is 0 Å². The lowest BCUT2D eigenvalue weighted by atomic mass is 10.6. The van der Waals surface area contributed by atoms with Gasteiger partial charge in [-0.2, -0.15) is 0 Å². The van der Waals surface area contributed by atoms with Crippen molar-refractivity contribution in [3.8, 4) is 0 Å². The zero-order chi connectivity index (χ0) is 9.94. The maximum Gasteiger partial charge on any atom is 0.216 e. The minimum Gasteiger partial charge on any atom is -0.377 e. The van der Waals surface area contributed by atoms with E-state index in [0.717, 1.165) is 0 Å². The number of nitrogens with one attached hydrogen (secondary N) is 1. The van der Waals surface area contributed by atoms with Crippen molar-refractivity contribution in [3.63, 3.8) is 0 Å². The smallest absolute Gasteiger partial charge is 0.216 e. The highest BCUT2D eigenvalue weighted by Gasteiger charge is 1.91. The number of rotatable bonds is 8. The van der Waals surface area contributed by atoms with Crippen molar-refractivity contribution in [1.29, 1.82) is 0 Å². The Kier molecular flexibility index (Phi) is 8.92. The van der Waals surface area contributed by atoms with Crippen molar-refractivity contribution in [2.24, 2.45) is 0 Å². The number of amides is 1. The topological polar surface area (TPSA) is 47.6 Å². The molecule has 0 aromatic carbocycles. The zero-order valence-electron chi connectivity index (χ0n) is 7.85. The first-order valence-corrected chi connectivity index (χ1v) is 4.23. The van der Waals surface area contributed by atoms with E-state index >= 15 is 0 Å². The van der Waals surface area contributed by atoms with Crippen LogP contribution in [0, 0.1) is 0 Å². The fourth-order valence-electron chi connectivity index (χ4n) is 0.676. The van der Waals surface area contributed by atoms with Gasteiger partial charge in [-0.05, 0) is 0 Å². The molecule has 0 aliphatic heterocycles. The van der Waals surface area contributed by atoms with Crippen molar-refractivity contribution < 1.29 is 18.7 Å². The van der Waals surface area contributed by atoms with E-state index in [-0.39, 0.29) is 12.5 Å². The molecule has 5 heteroatoms. The molecule has 0 rings (SSSR count). The minimum absolute atomic E-state index is 0.0720. The van der Waals surface area contributed by atoms with Gasteiger partial charge in [0.25, 0.3) is 0 Å². The molecule has 1 amide bonds. The van der Waals surface area contributed by atoms with Gasteiger partial charge in [0.2, 0.25) is 5.91 Å². The maximum atomic E-state index is 11.5. The summed E-state index contributed by atoms with van der Waals surface area (Å²) < 4.78 is 21.4. The Labute approximate surface area is 77.4 Å². The van der Waals surface area contributed by atoms with E-state index in [0.29, 0.717) is 26.4 Å². The van der Waals surface area contributed by atoms with Crippen molar-refractivity contribution in [2.45, 2.75) is 6.92 Å². The number of hydrogen-bond acceptors (Lipinski definition) is 3. The third kappa shape index (κ3) is 11.3. The standard InChI is InChI=1S/C8H16FNO3/c1-8(11)10-3-5-13-7-6-12-4-2-9/h2-7H2,1H3,(H,10,11)/i9-1. The first kappa shape index (κ1) is 12.3. The minimum atomic E-state index is -0.466. The van der Waals surface area contributed by atoms with Gasteiger partial charge < -0.3 is 14.8 Å². The molecule has 0 saturated heterocycles. The summed E-state index contributed by atoms with van der Waals surface area (Å²) in [6.07, 6.45) is 0. The van der Waals surface area contributed by atoms with Crippen LogP contribution in [0.1, 0.15) is 6.92 Å². The number of ether oxygens (including phenoxy) is 2. The summed E-state index contributed by atoms with van der Waals surface area (Å²) in [7, 11) is 0. The van der Waals surface area contributed by atoms with Crippen molar-refractivity contribution in [1.82, 2.24) is 5.32 Å². The largest absolute Gasteiger partial charge is 0.377 e. The zero-order valence-corrected chi connectivity index (χ0v) is 7.85. The quantitative estimate of drug-likeness (QED) is 0.556. The molecule has 0 heterocycles. The van der Waals surface area contributed by atoms with Crippen LogP contribution in [0.15, 0.2) is 0 Å². The fourth-order valence-corrected chi connectivity index (χ4v) is 0.676. The molecule has 0 fully saturated rings. The van der Waals surface area contributed by atoms with E-state index in [1.54, 1.807) is 0 Å². The summed E-state index contributed by atoms with van der Waals surface area (Å²) in [5.74, 6) is -0.0720. The summed E-state index contributed by atoms with van der Waals surface area (Å²) >= 11 is 0. The lowest BCUT2D eigenvalue weighted by Crippen LogP contribution is -2.24. The van der Waals surface area contributed by atoms with Crippen LogP contribution in [0.5, 0.6) is 0 Å². The number of alkyl halides is 1. The Morgan fingerprint density at radius 2 is 1.85 bits per heavy atom. The number of halogens is 1. The lowest BCUT2D eigenvalue weighted by molar-refractivity contribution is -0.119. The summed E-state index contributed by atoms with van der Waals surface area (Å²) in [5.41, 5.74) is 0. The highest BCUT2D eigenvalue weighted by Crippen LogP contribution is 1.78. The van der Waals surface area contributed by atoms with E-state index in [4.69, 9.17) is 9.47 Å². The van der Waals surface area contributed by atoms with Gasteiger partial charge >= 0.3 is 0 Å². The number of carbonyl (C=O) groups excluding carboxylic acids is 1. The van der Waals surface area contributed by atoms with E-state index in [2.05, 4.69) is 5.32 Å². The summed E-state index contributed by atoms with van der Waals surface area (Å²) in [5, 5.41) is 2.58. The van der Waals surface area contributed by atoms with Gasteiger partial charge in [-0.1, -0.05) is 0 Å². The van der Waals surface area contributed by atoms with Crippen LogP contribution in [0.3, 0.4) is 0 Å². The average molecular weight is 192 g/mol. The van der Waals surface area contributed by atoms with Crippen molar-refractivity contribution >= 4 is 5.91 Å². The Hall–Kier alpha value is -0.680. The first-order chi connectivity index (χ1) is 6.27. The Morgan fingerprint density at radius 3 is 2.38 bits per heavy atom. The maximum absolute atomic E-state index is 11.5. The Bertz CT molecular complexity index is 133.